The molecule has 0 spiro atoms. The second-order valence-electron chi connectivity index (χ2n) is 7.03. The SMILES string of the molecule is C[C@H](Oc1cccc2ccccc12)C(=O)N[C@@H]1C[C@@H]2CC[C@@H]1C2. The second-order valence-corrected chi connectivity index (χ2v) is 7.03. The summed E-state index contributed by atoms with van der Waals surface area (Å²) in [6.45, 7) is 1.84. The molecule has 1 N–H and O–H groups in total. The Hall–Kier alpha value is -2.03. The topological polar surface area (TPSA) is 38.3 Å². The fraction of sp³-hybridized carbons (Fsp3) is 0.450. The summed E-state index contributed by atoms with van der Waals surface area (Å²) in [5.41, 5.74) is 0. The van der Waals surface area contributed by atoms with Crippen LogP contribution in [0.5, 0.6) is 5.75 Å². The van der Waals surface area contributed by atoms with Gasteiger partial charge >= 0.3 is 0 Å². The minimum atomic E-state index is -0.472. The highest BCUT2D eigenvalue weighted by Crippen LogP contribution is 2.44. The molecule has 2 bridgehead atoms. The van der Waals surface area contributed by atoms with Crippen LogP contribution in [-0.4, -0.2) is 18.1 Å². The van der Waals surface area contributed by atoms with Crippen molar-refractivity contribution in [3.8, 4) is 5.75 Å². The molecule has 2 saturated carbocycles. The normalized spacial score (nSPS) is 27.1. The monoisotopic (exact) mass is 309 g/mol. The summed E-state index contributed by atoms with van der Waals surface area (Å²) in [6.07, 6.45) is 4.59. The van der Waals surface area contributed by atoms with Crippen molar-refractivity contribution < 1.29 is 9.53 Å². The lowest BCUT2D eigenvalue weighted by molar-refractivity contribution is -0.128. The van der Waals surface area contributed by atoms with Gasteiger partial charge in [0.15, 0.2) is 6.10 Å². The fourth-order valence-corrected chi connectivity index (χ4v) is 4.26. The molecular formula is C20H23NO2. The summed E-state index contributed by atoms with van der Waals surface area (Å²) in [7, 11) is 0. The second kappa shape index (κ2) is 5.88. The van der Waals surface area contributed by atoms with Crippen molar-refractivity contribution in [1.29, 1.82) is 0 Å². The van der Waals surface area contributed by atoms with Crippen molar-refractivity contribution >= 4 is 16.7 Å². The molecule has 23 heavy (non-hydrogen) atoms. The highest BCUT2D eigenvalue weighted by Gasteiger charge is 2.40. The highest BCUT2D eigenvalue weighted by atomic mass is 16.5. The fourth-order valence-electron chi connectivity index (χ4n) is 4.26. The van der Waals surface area contributed by atoms with Crippen molar-refractivity contribution in [2.75, 3.05) is 0 Å². The van der Waals surface area contributed by atoms with Gasteiger partial charge in [0.25, 0.3) is 5.91 Å². The molecule has 4 atom stereocenters. The number of hydrogen-bond acceptors (Lipinski definition) is 2. The van der Waals surface area contributed by atoms with Gasteiger partial charge in [-0.15, -0.1) is 0 Å². The number of rotatable bonds is 4. The molecule has 120 valence electrons. The molecule has 4 rings (SSSR count). The molecule has 3 heteroatoms. The van der Waals surface area contributed by atoms with E-state index < -0.39 is 6.10 Å². The smallest absolute Gasteiger partial charge is 0.261 e. The first kappa shape index (κ1) is 14.6. The molecule has 2 fully saturated rings. The first-order chi connectivity index (χ1) is 11.2. The first-order valence-corrected chi connectivity index (χ1v) is 8.65. The Balaban J connectivity index is 1.44. The van der Waals surface area contributed by atoms with Crippen LogP contribution in [0.2, 0.25) is 0 Å². The maximum absolute atomic E-state index is 12.5. The number of carbonyl (C=O) groups is 1. The largest absolute Gasteiger partial charge is 0.480 e. The van der Waals surface area contributed by atoms with Crippen LogP contribution in [0.3, 0.4) is 0 Å². The van der Waals surface area contributed by atoms with Gasteiger partial charge in [-0.2, -0.15) is 0 Å². The molecule has 2 aliphatic rings. The van der Waals surface area contributed by atoms with Crippen LogP contribution >= 0.6 is 0 Å². The molecule has 0 aromatic heterocycles. The van der Waals surface area contributed by atoms with Crippen molar-refractivity contribution in [1.82, 2.24) is 5.32 Å². The van der Waals surface area contributed by atoms with Crippen LogP contribution in [-0.2, 0) is 4.79 Å². The summed E-state index contributed by atoms with van der Waals surface area (Å²) in [5, 5.41) is 5.40. The first-order valence-electron chi connectivity index (χ1n) is 8.65. The number of hydrogen-bond donors (Lipinski definition) is 1. The molecule has 2 aliphatic carbocycles. The van der Waals surface area contributed by atoms with Crippen LogP contribution in [0, 0.1) is 11.8 Å². The summed E-state index contributed by atoms with van der Waals surface area (Å²) >= 11 is 0. The van der Waals surface area contributed by atoms with Gasteiger partial charge in [-0.25, -0.2) is 0 Å². The van der Waals surface area contributed by atoms with Gasteiger partial charge in [0.1, 0.15) is 5.75 Å². The molecule has 0 unspecified atom stereocenters. The van der Waals surface area contributed by atoms with Crippen LogP contribution in [0.4, 0.5) is 0 Å². The maximum atomic E-state index is 12.5. The highest BCUT2D eigenvalue weighted by molar-refractivity contribution is 5.89. The Bertz CT molecular complexity index is 721. The third-order valence-electron chi connectivity index (χ3n) is 5.49. The van der Waals surface area contributed by atoms with Gasteiger partial charge in [-0.3, -0.25) is 4.79 Å². The van der Waals surface area contributed by atoms with Crippen LogP contribution in [0.25, 0.3) is 10.8 Å². The van der Waals surface area contributed by atoms with Crippen LogP contribution < -0.4 is 10.1 Å². The molecule has 0 heterocycles. The van der Waals surface area contributed by atoms with Gasteiger partial charge in [0.05, 0.1) is 0 Å². The van der Waals surface area contributed by atoms with E-state index in [1.807, 2.05) is 37.3 Å². The van der Waals surface area contributed by atoms with Crippen molar-refractivity contribution in [3.63, 3.8) is 0 Å². The lowest BCUT2D eigenvalue weighted by atomic mass is 9.95. The Morgan fingerprint density at radius 3 is 2.74 bits per heavy atom. The lowest BCUT2D eigenvalue weighted by Crippen LogP contribution is -2.44. The summed E-state index contributed by atoms with van der Waals surface area (Å²) in [6, 6.07) is 14.4. The van der Waals surface area contributed by atoms with E-state index in [9.17, 15) is 4.79 Å². The van der Waals surface area contributed by atoms with Gasteiger partial charge in [0.2, 0.25) is 0 Å². The lowest BCUT2D eigenvalue weighted by Gasteiger charge is -2.25. The van der Waals surface area contributed by atoms with E-state index in [0.29, 0.717) is 12.0 Å². The Morgan fingerprint density at radius 2 is 1.96 bits per heavy atom. The molecular weight excluding hydrogens is 286 g/mol. The third-order valence-corrected chi connectivity index (χ3v) is 5.49. The summed E-state index contributed by atoms with van der Waals surface area (Å²) in [5.74, 6) is 2.31. The van der Waals surface area contributed by atoms with Crippen molar-refractivity contribution in [2.24, 2.45) is 11.8 Å². The molecule has 1 amide bonds. The number of benzene rings is 2. The minimum absolute atomic E-state index is 0.00971. The quantitative estimate of drug-likeness (QED) is 0.930. The molecule has 0 saturated heterocycles. The van der Waals surface area contributed by atoms with E-state index in [1.54, 1.807) is 0 Å². The van der Waals surface area contributed by atoms with E-state index in [4.69, 9.17) is 4.74 Å². The van der Waals surface area contributed by atoms with E-state index in [1.165, 1.54) is 19.3 Å². The number of ether oxygens (including phenoxy) is 1. The number of fused-ring (bicyclic) bond motifs is 3. The average Bonchev–Trinajstić information content (AvgIpc) is 3.18. The Kier molecular flexibility index (Phi) is 3.72. The van der Waals surface area contributed by atoms with Crippen LogP contribution in [0.1, 0.15) is 32.6 Å². The number of carbonyl (C=O) groups excluding carboxylic acids is 1. The molecule has 3 nitrogen and oxygen atoms in total. The molecule has 0 radical (unpaired) electrons. The molecule has 2 aromatic rings. The predicted molar refractivity (Wildman–Crippen MR) is 91.4 cm³/mol. The Labute approximate surface area is 137 Å². The average molecular weight is 309 g/mol. The maximum Gasteiger partial charge on any atom is 0.261 e. The van der Waals surface area contributed by atoms with E-state index >= 15 is 0 Å². The standard InChI is InChI=1S/C20H23NO2/c1-13(20(22)21-18-12-14-9-10-16(18)11-14)23-19-8-4-6-15-5-2-3-7-17(15)19/h2-8,13-14,16,18H,9-12H2,1H3,(H,21,22)/t13-,14+,16+,18+/m0/s1. The van der Waals surface area contributed by atoms with Gasteiger partial charge < -0.3 is 10.1 Å². The zero-order valence-electron chi connectivity index (χ0n) is 13.5. The number of amides is 1. The van der Waals surface area contributed by atoms with Gasteiger partial charge in [-0.05, 0) is 49.5 Å². The summed E-state index contributed by atoms with van der Waals surface area (Å²) in [4.78, 5) is 12.5. The van der Waals surface area contributed by atoms with Crippen LogP contribution in [0.15, 0.2) is 42.5 Å². The number of nitrogens with one attached hydrogen (secondary N) is 1. The Morgan fingerprint density at radius 1 is 1.13 bits per heavy atom. The van der Waals surface area contributed by atoms with E-state index in [2.05, 4.69) is 17.4 Å². The van der Waals surface area contributed by atoms with Gasteiger partial charge in [-0.1, -0.05) is 42.8 Å². The van der Waals surface area contributed by atoms with E-state index in [0.717, 1.165) is 28.9 Å². The molecule has 0 aliphatic heterocycles. The van der Waals surface area contributed by atoms with Crippen molar-refractivity contribution in [2.45, 2.75) is 44.8 Å². The molecule has 2 aromatic carbocycles. The minimum Gasteiger partial charge on any atom is -0.480 e. The van der Waals surface area contributed by atoms with Gasteiger partial charge in [0, 0.05) is 11.4 Å². The van der Waals surface area contributed by atoms with Crippen molar-refractivity contribution in [3.05, 3.63) is 42.5 Å². The zero-order chi connectivity index (χ0) is 15.8. The zero-order valence-corrected chi connectivity index (χ0v) is 13.5. The summed E-state index contributed by atoms with van der Waals surface area (Å²) < 4.78 is 5.97. The predicted octanol–water partition coefficient (Wildman–Crippen LogP) is 3.91. The third kappa shape index (κ3) is 2.80. The van der Waals surface area contributed by atoms with E-state index in [-0.39, 0.29) is 5.91 Å².